The van der Waals surface area contributed by atoms with Crippen LogP contribution in [0.5, 0.6) is 0 Å². The topological polar surface area (TPSA) is 59.2 Å². The number of nitrogens with two attached hydrogens (primary N) is 1. The van der Waals surface area contributed by atoms with Gasteiger partial charge in [-0.3, -0.25) is 4.79 Å². The summed E-state index contributed by atoms with van der Waals surface area (Å²) in [6.07, 6.45) is 0.401. The van der Waals surface area contributed by atoms with E-state index in [1.807, 2.05) is 19.2 Å². The van der Waals surface area contributed by atoms with Crippen molar-refractivity contribution in [1.29, 1.82) is 0 Å². The Labute approximate surface area is 100 Å². The third-order valence-corrected chi connectivity index (χ3v) is 3.21. The van der Waals surface area contributed by atoms with E-state index in [0.29, 0.717) is 18.9 Å². The summed E-state index contributed by atoms with van der Waals surface area (Å²) in [5, 5.41) is 1.95. The molecule has 0 spiro atoms. The second-order valence-corrected chi connectivity index (χ2v) is 5.06. The number of hydrogen-bond acceptors (Lipinski definition) is 4. The van der Waals surface area contributed by atoms with Crippen molar-refractivity contribution in [2.24, 2.45) is 11.7 Å². The summed E-state index contributed by atoms with van der Waals surface area (Å²) in [5.74, 6) is 0.408. The van der Waals surface area contributed by atoms with Gasteiger partial charge in [-0.25, -0.2) is 4.98 Å². The van der Waals surface area contributed by atoms with Gasteiger partial charge in [-0.1, -0.05) is 13.8 Å². The zero-order chi connectivity index (χ0) is 12.1. The Balaban J connectivity index is 2.42. The molecule has 0 aliphatic carbocycles. The quantitative estimate of drug-likeness (QED) is 0.849. The molecule has 90 valence electrons. The van der Waals surface area contributed by atoms with Gasteiger partial charge >= 0.3 is 0 Å². The van der Waals surface area contributed by atoms with Gasteiger partial charge in [-0.15, -0.1) is 11.3 Å². The molecule has 0 aliphatic rings. The second kappa shape index (κ2) is 5.96. The lowest BCUT2D eigenvalue weighted by molar-refractivity contribution is -0.131. The molecular weight excluding hydrogens is 222 g/mol. The number of amides is 1. The molecule has 0 radical (unpaired) electrons. The number of carbonyl (C=O) groups excluding carboxylic acids is 1. The van der Waals surface area contributed by atoms with Crippen molar-refractivity contribution in [3.8, 4) is 0 Å². The van der Waals surface area contributed by atoms with Crippen molar-refractivity contribution in [2.75, 3.05) is 7.05 Å². The Morgan fingerprint density at radius 3 is 2.81 bits per heavy atom. The fraction of sp³-hybridized carbons (Fsp3) is 0.636. The summed E-state index contributed by atoms with van der Waals surface area (Å²) in [6, 6.07) is -0.0645. The first-order valence-corrected chi connectivity index (χ1v) is 6.31. The SMILES string of the molecule is CC(C)C(N)CC(=O)N(C)Cc1cscn1. The fourth-order valence-corrected chi connectivity index (χ4v) is 1.79. The van der Waals surface area contributed by atoms with E-state index in [2.05, 4.69) is 4.98 Å². The highest BCUT2D eigenvalue weighted by Gasteiger charge is 2.16. The number of thiazole rings is 1. The Kier molecular flexibility index (Phi) is 4.89. The first-order valence-electron chi connectivity index (χ1n) is 5.37. The molecule has 0 saturated carbocycles. The summed E-state index contributed by atoms with van der Waals surface area (Å²) in [5.41, 5.74) is 8.57. The zero-order valence-electron chi connectivity index (χ0n) is 10.0. The van der Waals surface area contributed by atoms with Gasteiger partial charge in [0.05, 0.1) is 17.7 Å². The van der Waals surface area contributed by atoms with Crippen LogP contribution in [0.25, 0.3) is 0 Å². The molecule has 1 aromatic heterocycles. The van der Waals surface area contributed by atoms with Crippen LogP contribution in [0, 0.1) is 5.92 Å². The summed E-state index contributed by atoms with van der Waals surface area (Å²) in [6.45, 7) is 4.61. The van der Waals surface area contributed by atoms with Crippen molar-refractivity contribution in [1.82, 2.24) is 9.88 Å². The maximum Gasteiger partial charge on any atom is 0.224 e. The summed E-state index contributed by atoms with van der Waals surface area (Å²) in [4.78, 5) is 17.6. The predicted octanol–water partition coefficient (Wildman–Crippen LogP) is 1.47. The van der Waals surface area contributed by atoms with Crippen LogP contribution in [0.1, 0.15) is 26.0 Å². The minimum atomic E-state index is -0.0645. The minimum absolute atomic E-state index is 0.0645. The van der Waals surface area contributed by atoms with Gasteiger partial charge in [0.1, 0.15) is 0 Å². The highest BCUT2D eigenvalue weighted by atomic mass is 32.1. The minimum Gasteiger partial charge on any atom is -0.340 e. The Hall–Kier alpha value is -0.940. The molecule has 1 atom stereocenters. The average molecular weight is 241 g/mol. The molecule has 2 N–H and O–H groups in total. The number of nitrogens with zero attached hydrogens (tertiary/aromatic N) is 2. The second-order valence-electron chi connectivity index (χ2n) is 4.34. The molecule has 1 amide bonds. The molecule has 1 heterocycles. The maximum absolute atomic E-state index is 11.8. The third kappa shape index (κ3) is 3.90. The zero-order valence-corrected chi connectivity index (χ0v) is 10.8. The third-order valence-electron chi connectivity index (χ3n) is 2.58. The van der Waals surface area contributed by atoms with Gasteiger partial charge < -0.3 is 10.6 Å². The lowest BCUT2D eigenvalue weighted by Crippen LogP contribution is -2.35. The lowest BCUT2D eigenvalue weighted by atomic mass is 10.0. The normalized spacial score (nSPS) is 12.8. The van der Waals surface area contributed by atoms with E-state index >= 15 is 0 Å². The largest absolute Gasteiger partial charge is 0.340 e. The van der Waals surface area contributed by atoms with Crippen LogP contribution in [-0.4, -0.2) is 28.9 Å². The number of aromatic nitrogens is 1. The molecule has 0 aromatic carbocycles. The van der Waals surface area contributed by atoms with E-state index in [1.54, 1.807) is 17.5 Å². The van der Waals surface area contributed by atoms with E-state index in [0.717, 1.165) is 5.69 Å². The first kappa shape index (κ1) is 13.1. The predicted molar refractivity (Wildman–Crippen MR) is 66.0 cm³/mol. The molecule has 16 heavy (non-hydrogen) atoms. The number of carbonyl (C=O) groups is 1. The molecule has 0 bridgehead atoms. The van der Waals surface area contributed by atoms with Crippen LogP contribution in [-0.2, 0) is 11.3 Å². The van der Waals surface area contributed by atoms with E-state index in [-0.39, 0.29) is 11.9 Å². The average Bonchev–Trinajstić information content (AvgIpc) is 2.69. The van der Waals surface area contributed by atoms with E-state index in [4.69, 9.17) is 5.73 Å². The molecule has 0 aliphatic heterocycles. The number of rotatable bonds is 5. The maximum atomic E-state index is 11.8. The lowest BCUT2D eigenvalue weighted by Gasteiger charge is -2.20. The molecule has 0 saturated heterocycles. The number of hydrogen-bond donors (Lipinski definition) is 1. The summed E-state index contributed by atoms with van der Waals surface area (Å²) < 4.78 is 0. The molecule has 4 nitrogen and oxygen atoms in total. The van der Waals surface area contributed by atoms with Gasteiger partial charge in [-0.2, -0.15) is 0 Å². The van der Waals surface area contributed by atoms with Gasteiger partial charge in [0.2, 0.25) is 5.91 Å². The Morgan fingerprint density at radius 1 is 1.62 bits per heavy atom. The molecule has 1 unspecified atom stereocenters. The molecule has 1 aromatic rings. The highest BCUT2D eigenvalue weighted by molar-refractivity contribution is 7.07. The van der Waals surface area contributed by atoms with Gasteiger partial charge in [0, 0.05) is 24.9 Å². The summed E-state index contributed by atoms with van der Waals surface area (Å²) in [7, 11) is 1.79. The van der Waals surface area contributed by atoms with E-state index in [9.17, 15) is 4.79 Å². The molecule has 5 heteroatoms. The van der Waals surface area contributed by atoms with Crippen molar-refractivity contribution >= 4 is 17.2 Å². The van der Waals surface area contributed by atoms with Crippen molar-refractivity contribution in [3.05, 3.63) is 16.6 Å². The van der Waals surface area contributed by atoms with Crippen LogP contribution in [0.15, 0.2) is 10.9 Å². The van der Waals surface area contributed by atoms with Crippen LogP contribution < -0.4 is 5.73 Å². The smallest absolute Gasteiger partial charge is 0.224 e. The van der Waals surface area contributed by atoms with Gasteiger partial charge in [0.15, 0.2) is 0 Å². The monoisotopic (exact) mass is 241 g/mol. The van der Waals surface area contributed by atoms with Gasteiger partial charge in [0.25, 0.3) is 0 Å². The van der Waals surface area contributed by atoms with Crippen molar-refractivity contribution < 1.29 is 4.79 Å². The molecule has 1 rings (SSSR count). The van der Waals surface area contributed by atoms with Crippen LogP contribution in [0.3, 0.4) is 0 Å². The van der Waals surface area contributed by atoms with E-state index in [1.165, 1.54) is 11.3 Å². The highest BCUT2D eigenvalue weighted by Crippen LogP contribution is 2.08. The summed E-state index contributed by atoms with van der Waals surface area (Å²) >= 11 is 1.54. The Morgan fingerprint density at radius 2 is 2.31 bits per heavy atom. The molecule has 0 fully saturated rings. The van der Waals surface area contributed by atoms with Crippen LogP contribution in [0.4, 0.5) is 0 Å². The standard InChI is InChI=1S/C11H19N3OS/c1-8(2)10(12)4-11(15)14(3)5-9-6-16-7-13-9/h6-8,10H,4-5,12H2,1-3H3. The van der Waals surface area contributed by atoms with Crippen molar-refractivity contribution in [2.45, 2.75) is 32.9 Å². The Bertz CT molecular complexity index is 324. The van der Waals surface area contributed by atoms with Crippen LogP contribution in [0.2, 0.25) is 0 Å². The fourth-order valence-electron chi connectivity index (χ4n) is 1.24. The molecular formula is C11H19N3OS. The first-order chi connectivity index (χ1) is 7.50. The van der Waals surface area contributed by atoms with Gasteiger partial charge in [-0.05, 0) is 5.92 Å². The van der Waals surface area contributed by atoms with E-state index < -0.39 is 0 Å². The van der Waals surface area contributed by atoms with Crippen molar-refractivity contribution in [3.63, 3.8) is 0 Å². The van der Waals surface area contributed by atoms with Crippen LogP contribution >= 0.6 is 11.3 Å².